The Morgan fingerprint density at radius 1 is 1.79 bits per heavy atom. The number of aromatic nitrogens is 1. The van der Waals surface area contributed by atoms with Crippen molar-refractivity contribution in [2.45, 2.75) is 18.8 Å². The second-order valence-corrected chi connectivity index (χ2v) is 4.45. The fourth-order valence-electron chi connectivity index (χ4n) is 1.47. The monoisotopic (exact) mass is 213 g/mol. The quantitative estimate of drug-likeness (QED) is 0.824. The molecule has 1 saturated heterocycles. The molecule has 0 radical (unpaired) electrons. The Labute approximate surface area is 85.7 Å². The van der Waals surface area contributed by atoms with Gasteiger partial charge >= 0.3 is 5.97 Å². The first-order chi connectivity index (χ1) is 6.75. The topological polar surface area (TPSA) is 63.3 Å². The molecule has 76 valence electrons. The van der Waals surface area contributed by atoms with E-state index in [1.165, 1.54) is 6.20 Å². The lowest BCUT2D eigenvalue weighted by Crippen LogP contribution is -1.98. The number of oxazole rings is 1. The van der Waals surface area contributed by atoms with Crippen molar-refractivity contribution in [3.8, 4) is 0 Å². The summed E-state index contributed by atoms with van der Waals surface area (Å²) in [5, 5.41) is 8.55. The number of hydrogen-bond acceptors (Lipinski definition) is 4. The van der Waals surface area contributed by atoms with E-state index >= 15 is 0 Å². The summed E-state index contributed by atoms with van der Waals surface area (Å²) in [5.41, 5.74) is 0. The Bertz CT molecular complexity index is 331. The molecule has 0 amide bonds. The summed E-state index contributed by atoms with van der Waals surface area (Å²) in [7, 11) is 0. The van der Waals surface area contributed by atoms with Crippen LogP contribution in [0.15, 0.2) is 10.6 Å². The van der Waals surface area contributed by atoms with Crippen LogP contribution < -0.4 is 0 Å². The standard InChI is InChI=1S/C9H11NO3S/c11-8(12)3-7-4-10-9(13-7)6-1-2-14-5-6/h4,6H,1-3,5H2,(H,11,12). The molecule has 1 N–H and O–H groups in total. The minimum absolute atomic E-state index is 0.0765. The van der Waals surface area contributed by atoms with Crippen molar-refractivity contribution in [2.24, 2.45) is 0 Å². The zero-order chi connectivity index (χ0) is 9.97. The van der Waals surface area contributed by atoms with Gasteiger partial charge in [0.15, 0.2) is 5.89 Å². The van der Waals surface area contributed by atoms with Gasteiger partial charge in [0.1, 0.15) is 12.2 Å². The fraction of sp³-hybridized carbons (Fsp3) is 0.556. The van der Waals surface area contributed by atoms with E-state index in [-0.39, 0.29) is 6.42 Å². The van der Waals surface area contributed by atoms with Crippen LogP contribution >= 0.6 is 11.8 Å². The summed E-state index contributed by atoms with van der Waals surface area (Å²) in [6.07, 6.45) is 2.52. The molecule has 14 heavy (non-hydrogen) atoms. The van der Waals surface area contributed by atoms with Crippen molar-refractivity contribution in [1.82, 2.24) is 4.98 Å². The molecule has 0 bridgehead atoms. The third-order valence-corrected chi connectivity index (χ3v) is 3.34. The molecule has 2 rings (SSSR count). The predicted octanol–water partition coefficient (Wildman–Crippen LogP) is 1.52. The van der Waals surface area contributed by atoms with E-state index in [0.29, 0.717) is 17.6 Å². The number of rotatable bonds is 3. The van der Waals surface area contributed by atoms with E-state index in [9.17, 15) is 4.79 Å². The summed E-state index contributed by atoms with van der Waals surface area (Å²) in [6.45, 7) is 0. The van der Waals surface area contributed by atoms with E-state index < -0.39 is 5.97 Å². The summed E-state index contributed by atoms with van der Waals surface area (Å²) < 4.78 is 5.37. The van der Waals surface area contributed by atoms with Crippen LogP contribution in [0.25, 0.3) is 0 Å². The van der Waals surface area contributed by atoms with Gasteiger partial charge in [-0.3, -0.25) is 4.79 Å². The highest BCUT2D eigenvalue weighted by Crippen LogP contribution is 2.31. The van der Waals surface area contributed by atoms with Crippen molar-refractivity contribution in [3.05, 3.63) is 17.8 Å². The fourth-order valence-corrected chi connectivity index (χ4v) is 2.68. The highest BCUT2D eigenvalue weighted by molar-refractivity contribution is 7.99. The average molecular weight is 213 g/mol. The third-order valence-electron chi connectivity index (χ3n) is 2.18. The highest BCUT2D eigenvalue weighted by atomic mass is 32.2. The Morgan fingerprint density at radius 3 is 3.29 bits per heavy atom. The van der Waals surface area contributed by atoms with E-state index in [1.807, 2.05) is 11.8 Å². The number of carbonyl (C=O) groups is 1. The van der Waals surface area contributed by atoms with Gasteiger partial charge in [-0.05, 0) is 12.2 Å². The highest BCUT2D eigenvalue weighted by Gasteiger charge is 2.22. The maximum absolute atomic E-state index is 10.4. The number of aliphatic carboxylic acids is 1. The Hall–Kier alpha value is -0.970. The van der Waals surface area contributed by atoms with Gasteiger partial charge in [0.2, 0.25) is 0 Å². The molecule has 1 aliphatic rings. The van der Waals surface area contributed by atoms with Crippen LogP contribution in [0.3, 0.4) is 0 Å². The first kappa shape index (κ1) is 9.58. The van der Waals surface area contributed by atoms with Gasteiger partial charge in [0, 0.05) is 11.7 Å². The van der Waals surface area contributed by atoms with Gasteiger partial charge in [-0.1, -0.05) is 0 Å². The van der Waals surface area contributed by atoms with Crippen molar-refractivity contribution >= 4 is 17.7 Å². The van der Waals surface area contributed by atoms with Crippen LogP contribution in [-0.4, -0.2) is 27.6 Å². The van der Waals surface area contributed by atoms with E-state index in [1.54, 1.807) is 0 Å². The van der Waals surface area contributed by atoms with Gasteiger partial charge in [-0.2, -0.15) is 11.8 Å². The van der Waals surface area contributed by atoms with Gasteiger partial charge in [-0.25, -0.2) is 4.98 Å². The molecule has 0 saturated carbocycles. The van der Waals surface area contributed by atoms with Crippen LogP contribution in [0.2, 0.25) is 0 Å². The van der Waals surface area contributed by atoms with E-state index in [0.717, 1.165) is 17.9 Å². The average Bonchev–Trinajstić information content (AvgIpc) is 2.69. The van der Waals surface area contributed by atoms with Gasteiger partial charge in [0.05, 0.1) is 6.20 Å². The van der Waals surface area contributed by atoms with Crippen molar-refractivity contribution in [2.75, 3.05) is 11.5 Å². The van der Waals surface area contributed by atoms with Crippen LogP contribution in [0.4, 0.5) is 0 Å². The number of nitrogens with zero attached hydrogens (tertiary/aromatic N) is 1. The number of thioether (sulfide) groups is 1. The second kappa shape index (κ2) is 4.04. The Kier molecular flexibility index (Phi) is 2.77. The van der Waals surface area contributed by atoms with Gasteiger partial charge in [-0.15, -0.1) is 0 Å². The van der Waals surface area contributed by atoms with Gasteiger partial charge < -0.3 is 9.52 Å². The maximum atomic E-state index is 10.4. The summed E-state index contributed by atoms with van der Waals surface area (Å²) in [4.78, 5) is 14.5. The van der Waals surface area contributed by atoms with Gasteiger partial charge in [0.25, 0.3) is 0 Å². The molecule has 0 spiro atoms. The van der Waals surface area contributed by atoms with Crippen LogP contribution in [-0.2, 0) is 11.2 Å². The van der Waals surface area contributed by atoms with E-state index in [2.05, 4.69) is 4.98 Å². The molecular weight excluding hydrogens is 202 g/mol. The Balaban J connectivity index is 2.05. The predicted molar refractivity (Wildman–Crippen MR) is 52.5 cm³/mol. The smallest absolute Gasteiger partial charge is 0.311 e. The summed E-state index contributed by atoms with van der Waals surface area (Å²) in [5.74, 6) is 2.82. The molecule has 1 atom stereocenters. The number of carboxylic acid groups (broad SMARTS) is 1. The minimum Gasteiger partial charge on any atom is -0.481 e. The zero-order valence-corrected chi connectivity index (χ0v) is 8.42. The molecule has 1 aromatic heterocycles. The van der Waals surface area contributed by atoms with Crippen LogP contribution in [0, 0.1) is 0 Å². The van der Waals surface area contributed by atoms with Crippen molar-refractivity contribution in [3.63, 3.8) is 0 Å². The van der Waals surface area contributed by atoms with E-state index in [4.69, 9.17) is 9.52 Å². The lowest BCUT2D eigenvalue weighted by molar-refractivity contribution is -0.136. The van der Waals surface area contributed by atoms with Crippen molar-refractivity contribution in [1.29, 1.82) is 0 Å². The third kappa shape index (κ3) is 2.09. The Morgan fingerprint density at radius 2 is 2.64 bits per heavy atom. The number of hydrogen-bond donors (Lipinski definition) is 1. The minimum atomic E-state index is -0.881. The molecule has 2 heterocycles. The molecule has 0 aromatic carbocycles. The lowest BCUT2D eigenvalue weighted by Gasteiger charge is -2.00. The van der Waals surface area contributed by atoms with Crippen molar-refractivity contribution < 1.29 is 14.3 Å². The van der Waals surface area contributed by atoms with Crippen LogP contribution in [0.1, 0.15) is 24.0 Å². The maximum Gasteiger partial charge on any atom is 0.311 e. The molecule has 1 unspecified atom stereocenters. The first-order valence-corrected chi connectivity index (χ1v) is 5.65. The lowest BCUT2D eigenvalue weighted by atomic mass is 10.1. The number of carboxylic acids is 1. The first-order valence-electron chi connectivity index (χ1n) is 4.50. The summed E-state index contributed by atoms with van der Waals surface area (Å²) in [6, 6.07) is 0. The van der Waals surface area contributed by atoms with Crippen LogP contribution in [0.5, 0.6) is 0 Å². The molecule has 0 aliphatic carbocycles. The largest absolute Gasteiger partial charge is 0.481 e. The molecule has 1 fully saturated rings. The molecular formula is C9H11NO3S. The zero-order valence-electron chi connectivity index (χ0n) is 7.60. The molecule has 5 heteroatoms. The molecule has 1 aliphatic heterocycles. The molecule has 4 nitrogen and oxygen atoms in total. The normalized spacial score (nSPS) is 21.3. The summed E-state index contributed by atoms with van der Waals surface area (Å²) >= 11 is 1.88. The second-order valence-electron chi connectivity index (χ2n) is 3.30. The molecule has 1 aromatic rings. The SMILES string of the molecule is O=C(O)Cc1cnc(C2CCSC2)o1.